The molecule has 1 amide bonds. The Morgan fingerprint density at radius 2 is 1.61 bits per heavy atom. The van der Waals surface area contributed by atoms with Crippen molar-refractivity contribution in [3.8, 4) is 0 Å². The summed E-state index contributed by atoms with van der Waals surface area (Å²) in [5, 5.41) is 0. The number of halogens is 4. The predicted octanol–water partition coefficient (Wildman–Crippen LogP) is 4.38. The first-order valence-electron chi connectivity index (χ1n) is 8.27. The van der Waals surface area contributed by atoms with Crippen LogP contribution in [0.2, 0.25) is 0 Å². The van der Waals surface area contributed by atoms with Crippen molar-refractivity contribution in [1.82, 2.24) is 4.31 Å². The average molecular weight is 477 g/mol. The van der Waals surface area contributed by atoms with Crippen molar-refractivity contribution >= 4 is 31.8 Å². The molecule has 2 aromatic rings. The first kappa shape index (κ1) is 21.0. The zero-order chi connectivity index (χ0) is 20.4. The van der Waals surface area contributed by atoms with E-state index in [0.29, 0.717) is 13.2 Å². The largest absolute Gasteiger partial charge is 0.416 e. The molecule has 0 saturated carbocycles. The second kappa shape index (κ2) is 8.32. The van der Waals surface area contributed by atoms with Gasteiger partial charge in [0.15, 0.2) is 0 Å². The third kappa shape index (κ3) is 4.62. The Balaban J connectivity index is 2.06. The molecule has 0 aromatic heterocycles. The molecule has 3 rings (SSSR count). The predicted molar refractivity (Wildman–Crippen MR) is 101 cm³/mol. The van der Waals surface area contributed by atoms with E-state index in [4.69, 9.17) is 4.74 Å². The van der Waals surface area contributed by atoms with Crippen molar-refractivity contribution in [2.75, 3.05) is 26.3 Å². The van der Waals surface area contributed by atoms with Crippen molar-refractivity contribution in [3.63, 3.8) is 0 Å². The van der Waals surface area contributed by atoms with Crippen LogP contribution in [0.25, 0.3) is 0 Å². The van der Waals surface area contributed by atoms with Gasteiger partial charge in [0.25, 0.3) is 5.91 Å². The second-order valence-corrected chi connectivity index (χ2v) is 9.04. The van der Waals surface area contributed by atoms with Gasteiger partial charge in [-0.2, -0.15) is 13.2 Å². The summed E-state index contributed by atoms with van der Waals surface area (Å²) in [6.45, 7) is 1.08. The topological polar surface area (TPSA) is 59.0 Å². The van der Waals surface area contributed by atoms with E-state index in [1.807, 2.05) is 0 Å². The van der Waals surface area contributed by atoms with E-state index >= 15 is 0 Å². The normalized spacial score (nSPS) is 17.7. The highest BCUT2D eigenvalue weighted by Crippen LogP contribution is 2.31. The SMILES string of the molecule is O=C(N=S(=O)(c1ccc(C(F)(F)F)cc1)N1CCOCC1)c1ccc(Br)cc1. The van der Waals surface area contributed by atoms with Crippen molar-refractivity contribution in [1.29, 1.82) is 0 Å². The maximum absolute atomic E-state index is 13.7. The molecule has 1 aliphatic rings. The number of carbonyl (C=O) groups excluding carboxylic acids is 1. The molecule has 2 aromatic carbocycles. The fraction of sp³-hybridized carbons (Fsp3) is 0.278. The van der Waals surface area contributed by atoms with E-state index in [-0.39, 0.29) is 23.5 Å². The Labute approximate surface area is 168 Å². The molecule has 1 saturated heterocycles. The molecule has 28 heavy (non-hydrogen) atoms. The Hall–Kier alpha value is -1.75. The number of morpholine rings is 1. The highest BCUT2D eigenvalue weighted by atomic mass is 79.9. The van der Waals surface area contributed by atoms with Gasteiger partial charge < -0.3 is 4.74 Å². The quantitative estimate of drug-likeness (QED) is 0.660. The van der Waals surface area contributed by atoms with Crippen molar-refractivity contribution < 1.29 is 26.9 Å². The fourth-order valence-corrected chi connectivity index (χ4v) is 4.88. The lowest BCUT2D eigenvalue weighted by Gasteiger charge is -2.29. The molecule has 150 valence electrons. The van der Waals surface area contributed by atoms with Gasteiger partial charge in [0.05, 0.1) is 23.7 Å². The van der Waals surface area contributed by atoms with E-state index in [1.165, 1.54) is 16.4 Å². The number of alkyl halides is 3. The van der Waals surface area contributed by atoms with Gasteiger partial charge in [-0.1, -0.05) is 15.9 Å². The first-order valence-corrected chi connectivity index (χ1v) is 10.5. The molecule has 10 heteroatoms. The minimum atomic E-state index is -4.51. The lowest BCUT2D eigenvalue weighted by Crippen LogP contribution is -2.40. The monoisotopic (exact) mass is 476 g/mol. The molecule has 5 nitrogen and oxygen atoms in total. The molecule has 1 aliphatic heterocycles. The molecule has 1 heterocycles. The van der Waals surface area contributed by atoms with E-state index in [0.717, 1.165) is 28.7 Å². The molecule has 0 aliphatic carbocycles. The van der Waals surface area contributed by atoms with Gasteiger partial charge in [0, 0.05) is 23.1 Å². The first-order chi connectivity index (χ1) is 13.2. The van der Waals surface area contributed by atoms with Crippen molar-refractivity contribution in [2.24, 2.45) is 4.36 Å². The summed E-state index contributed by atoms with van der Waals surface area (Å²) < 4.78 is 63.8. The van der Waals surface area contributed by atoms with Gasteiger partial charge in [-0.3, -0.25) is 4.79 Å². The van der Waals surface area contributed by atoms with Crippen LogP contribution in [0, 0.1) is 0 Å². The average Bonchev–Trinajstić information content (AvgIpc) is 2.68. The van der Waals surface area contributed by atoms with Crippen LogP contribution in [0.15, 0.2) is 62.3 Å². The van der Waals surface area contributed by atoms with Gasteiger partial charge in [-0.15, -0.1) is 4.36 Å². The zero-order valence-electron chi connectivity index (χ0n) is 14.5. The minimum absolute atomic E-state index is 0.0489. The molecule has 1 unspecified atom stereocenters. The Morgan fingerprint density at radius 3 is 2.14 bits per heavy atom. The van der Waals surface area contributed by atoms with Crippen LogP contribution in [0.3, 0.4) is 0 Å². The maximum Gasteiger partial charge on any atom is 0.416 e. The van der Waals surface area contributed by atoms with E-state index < -0.39 is 27.6 Å². The summed E-state index contributed by atoms with van der Waals surface area (Å²) in [4.78, 5) is 12.7. The van der Waals surface area contributed by atoms with Gasteiger partial charge in [0.1, 0.15) is 9.92 Å². The number of hydrogen-bond acceptors (Lipinski definition) is 3. The molecular weight excluding hydrogens is 461 g/mol. The fourth-order valence-electron chi connectivity index (χ4n) is 2.63. The third-order valence-corrected chi connectivity index (χ3v) is 7.00. The third-order valence-electron chi connectivity index (χ3n) is 4.11. The smallest absolute Gasteiger partial charge is 0.379 e. The molecule has 0 N–H and O–H groups in total. The summed E-state index contributed by atoms with van der Waals surface area (Å²) in [6.07, 6.45) is -4.51. The number of benzene rings is 2. The summed E-state index contributed by atoms with van der Waals surface area (Å²) in [5.74, 6) is -0.705. The summed E-state index contributed by atoms with van der Waals surface area (Å²) in [5.41, 5.74) is -0.629. The van der Waals surface area contributed by atoms with E-state index in [2.05, 4.69) is 20.3 Å². The number of carbonyl (C=O) groups is 1. The minimum Gasteiger partial charge on any atom is -0.379 e. The Kier molecular flexibility index (Phi) is 6.23. The highest BCUT2D eigenvalue weighted by Gasteiger charge is 2.32. The second-order valence-electron chi connectivity index (χ2n) is 5.96. The standard InChI is InChI=1S/C18H16BrF3N2O3S/c19-15-5-1-13(2-6-15)17(25)23-28(26,24-9-11-27-12-10-24)16-7-3-14(4-8-16)18(20,21)22/h1-8H,9-12H2. The van der Waals surface area contributed by atoms with Crippen LogP contribution in [-0.4, -0.2) is 40.7 Å². The number of ether oxygens (including phenoxy) is 1. The van der Waals surface area contributed by atoms with Crippen molar-refractivity contribution in [3.05, 3.63) is 64.1 Å². The Bertz CT molecular complexity index is 963. The number of hydrogen-bond donors (Lipinski definition) is 0. The lowest BCUT2D eigenvalue weighted by atomic mass is 10.2. The molecule has 0 bridgehead atoms. The summed E-state index contributed by atoms with van der Waals surface area (Å²) in [6, 6.07) is 10.3. The van der Waals surface area contributed by atoms with Gasteiger partial charge >= 0.3 is 6.18 Å². The molecule has 1 atom stereocenters. The number of nitrogens with zero attached hydrogens (tertiary/aromatic N) is 2. The Morgan fingerprint density at radius 1 is 1.04 bits per heavy atom. The van der Waals surface area contributed by atoms with Crippen LogP contribution >= 0.6 is 15.9 Å². The zero-order valence-corrected chi connectivity index (χ0v) is 16.9. The highest BCUT2D eigenvalue weighted by molar-refractivity contribution is 9.10. The van der Waals surface area contributed by atoms with E-state index in [1.54, 1.807) is 12.1 Å². The van der Waals surface area contributed by atoms with Gasteiger partial charge in [0.2, 0.25) is 0 Å². The van der Waals surface area contributed by atoms with Crippen LogP contribution in [0.1, 0.15) is 15.9 Å². The maximum atomic E-state index is 13.7. The van der Waals surface area contributed by atoms with E-state index in [9.17, 15) is 22.2 Å². The van der Waals surface area contributed by atoms with Gasteiger partial charge in [-0.25, -0.2) is 8.51 Å². The summed E-state index contributed by atoms with van der Waals surface area (Å²) in [7, 11) is -3.44. The van der Waals surface area contributed by atoms with Crippen molar-refractivity contribution in [2.45, 2.75) is 11.1 Å². The molecule has 1 fully saturated rings. The van der Waals surface area contributed by atoms with Gasteiger partial charge in [-0.05, 0) is 48.5 Å². The van der Waals surface area contributed by atoms with Crippen LogP contribution in [-0.2, 0) is 20.8 Å². The molecule has 0 radical (unpaired) electrons. The lowest BCUT2D eigenvalue weighted by molar-refractivity contribution is -0.137. The number of rotatable bonds is 3. The number of amides is 1. The summed E-state index contributed by atoms with van der Waals surface area (Å²) >= 11 is 3.27. The van der Waals surface area contributed by atoms with Crippen LogP contribution in [0.5, 0.6) is 0 Å². The molecule has 0 spiro atoms. The van der Waals surface area contributed by atoms with Crippen LogP contribution in [0.4, 0.5) is 13.2 Å². The molecular formula is C18H16BrF3N2O3S. The van der Waals surface area contributed by atoms with Crippen LogP contribution < -0.4 is 0 Å².